The number of nitrogens with zero attached hydrogens (tertiary/aromatic N) is 3. The largest absolute Gasteiger partial charge is 0.488 e. The third-order valence-corrected chi connectivity index (χ3v) is 5.93. The predicted octanol–water partition coefficient (Wildman–Crippen LogP) is 2.41. The second-order valence-electron chi connectivity index (χ2n) is 8.13. The minimum absolute atomic E-state index is 0.0220. The number of aryl methyl sites for hydroxylation is 1. The number of hydrogen-bond donors (Lipinski definition) is 2. The molecule has 3 heterocycles. The predicted molar refractivity (Wildman–Crippen MR) is 118 cm³/mol. The van der Waals surface area contributed by atoms with Crippen LogP contribution < -0.4 is 10.1 Å². The summed E-state index contributed by atoms with van der Waals surface area (Å²) in [7, 11) is 0. The third-order valence-electron chi connectivity index (χ3n) is 5.93. The van der Waals surface area contributed by atoms with Crippen molar-refractivity contribution in [3.8, 4) is 11.4 Å². The quantitative estimate of drug-likeness (QED) is 0.660. The fourth-order valence-corrected chi connectivity index (χ4v) is 4.23. The number of nitrogens with one attached hydrogen (secondary N) is 1. The SMILES string of the molecule is O=C1CCc2cc(O[C@@H]3CCN(C(=O)c4cccc(-n5cccn5)c4)C[C@H]3O)ccc2N1. The molecule has 2 N–H and O–H groups in total. The summed E-state index contributed by atoms with van der Waals surface area (Å²) in [6, 6.07) is 14.7. The Morgan fingerprint density at radius 3 is 2.88 bits per heavy atom. The highest BCUT2D eigenvalue weighted by molar-refractivity contribution is 5.95. The monoisotopic (exact) mass is 432 g/mol. The molecule has 8 nitrogen and oxygen atoms in total. The molecule has 0 aliphatic carbocycles. The van der Waals surface area contributed by atoms with E-state index in [0.29, 0.717) is 37.1 Å². The molecule has 1 fully saturated rings. The Morgan fingerprint density at radius 1 is 1.16 bits per heavy atom. The van der Waals surface area contributed by atoms with E-state index in [1.54, 1.807) is 34.0 Å². The third kappa shape index (κ3) is 4.09. The second kappa shape index (κ2) is 8.47. The molecule has 0 radical (unpaired) electrons. The van der Waals surface area contributed by atoms with Crippen molar-refractivity contribution in [2.75, 3.05) is 18.4 Å². The van der Waals surface area contributed by atoms with Crippen LogP contribution in [0, 0.1) is 0 Å². The van der Waals surface area contributed by atoms with Gasteiger partial charge in [-0.05, 0) is 54.4 Å². The number of amides is 2. The summed E-state index contributed by atoms with van der Waals surface area (Å²) >= 11 is 0. The number of fused-ring (bicyclic) bond motifs is 1. The number of hydrogen-bond acceptors (Lipinski definition) is 5. The lowest BCUT2D eigenvalue weighted by molar-refractivity contribution is -0.116. The fraction of sp³-hybridized carbons (Fsp3) is 0.292. The average Bonchev–Trinajstić information content (AvgIpc) is 3.35. The van der Waals surface area contributed by atoms with Crippen LogP contribution in [0.5, 0.6) is 5.75 Å². The maximum atomic E-state index is 13.0. The van der Waals surface area contributed by atoms with E-state index in [4.69, 9.17) is 4.74 Å². The Hall–Kier alpha value is -3.65. The standard InChI is InChI=1S/C24H24N4O4/c29-21-15-27(24(31)17-3-1-4-18(13-17)28-11-2-10-25-28)12-9-22(21)32-19-6-7-20-16(14-19)5-8-23(30)26-20/h1-4,6-7,10-11,13-14,21-22,29H,5,8-9,12,15H2,(H,26,30)/t21-,22-/m1/s1. The first-order valence-electron chi connectivity index (χ1n) is 10.7. The highest BCUT2D eigenvalue weighted by Gasteiger charge is 2.32. The average molecular weight is 432 g/mol. The molecule has 0 saturated carbocycles. The molecule has 164 valence electrons. The van der Waals surface area contributed by atoms with Gasteiger partial charge in [-0.15, -0.1) is 0 Å². The molecule has 32 heavy (non-hydrogen) atoms. The van der Waals surface area contributed by atoms with Crippen LogP contribution in [-0.2, 0) is 11.2 Å². The minimum atomic E-state index is -0.794. The van der Waals surface area contributed by atoms with Crippen LogP contribution in [0.4, 0.5) is 5.69 Å². The molecule has 2 aliphatic heterocycles. The zero-order chi connectivity index (χ0) is 22.1. The molecule has 5 rings (SSSR count). The summed E-state index contributed by atoms with van der Waals surface area (Å²) < 4.78 is 7.75. The topological polar surface area (TPSA) is 96.7 Å². The summed E-state index contributed by atoms with van der Waals surface area (Å²) in [6.45, 7) is 0.698. The van der Waals surface area contributed by atoms with Crippen LogP contribution in [0.2, 0.25) is 0 Å². The van der Waals surface area contributed by atoms with E-state index in [-0.39, 0.29) is 18.4 Å². The first kappa shape index (κ1) is 20.3. The van der Waals surface area contributed by atoms with Crippen molar-refractivity contribution >= 4 is 17.5 Å². The molecule has 0 unspecified atom stereocenters. The Bertz CT molecular complexity index is 1140. The van der Waals surface area contributed by atoms with E-state index < -0.39 is 12.2 Å². The molecule has 2 amide bonds. The summed E-state index contributed by atoms with van der Waals surface area (Å²) in [5, 5.41) is 17.7. The molecule has 0 spiro atoms. The van der Waals surface area contributed by atoms with Crippen LogP contribution in [0.1, 0.15) is 28.8 Å². The summed E-state index contributed by atoms with van der Waals surface area (Å²) in [6.07, 6.45) is 3.98. The lowest BCUT2D eigenvalue weighted by atomic mass is 10.0. The van der Waals surface area contributed by atoms with Gasteiger partial charge in [0, 0.05) is 43.0 Å². The normalized spacial score (nSPS) is 20.4. The Morgan fingerprint density at radius 2 is 2.06 bits per heavy atom. The van der Waals surface area contributed by atoms with Gasteiger partial charge in [-0.25, -0.2) is 4.68 Å². The molecule has 3 aromatic rings. The number of piperidine rings is 1. The van der Waals surface area contributed by atoms with Crippen LogP contribution >= 0.6 is 0 Å². The van der Waals surface area contributed by atoms with Gasteiger partial charge in [-0.2, -0.15) is 5.10 Å². The maximum Gasteiger partial charge on any atom is 0.254 e. The molecule has 2 aliphatic rings. The lowest BCUT2D eigenvalue weighted by Crippen LogP contribution is -2.51. The van der Waals surface area contributed by atoms with E-state index in [0.717, 1.165) is 16.9 Å². The van der Waals surface area contributed by atoms with Gasteiger partial charge in [0.25, 0.3) is 5.91 Å². The molecular weight excluding hydrogens is 408 g/mol. The number of aliphatic hydroxyl groups is 1. The van der Waals surface area contributed by atoms with Gasteiger partial charge in [0.1, 0.15) is 18.0 Å². The van der Waals surface area contributed by atoms with Crippen molar-refractivity contribution in [3.05, 3.63) is 72.1 Å². The van der Waals surface area contributed by atoms with Gasteiger partial charge >= 0.3 is 0 Å². The van der Waals surface area contributed by atoms with Gasteiger partial charge in [-0.3, -0.25) is 9.59 Å². The number of aromatic nitrogens is 2. The maximum absolute atomic E-state index is 13.0. The van der Waals surface area contributed by atoms with E-state index in [1.807, 2.05) is 36.5 Å². The van der Waals surface area contributed by atoms with Crippen LogP contribution in [-0.4, -0.2) is 56.9 Å². The Labute approximate surface area is 185 Å². The number of carbonyl (C=O) groups is 2. The molecule has 2 aromatic carbocycles. The van der Waals surface area contributed by atoms with Gasteiger partial charge in [-0.1, -0.05) is 6.07 Å². The summed E-state index contributed by atoms with van der Waals surface area (Å²) in [4.78, 5) is 26.2. The number of aliphatic hydroxyl groups excluding tert-OH is 1. The Kier molecular flexibility index (Phi) is 5.36. The van der Waals surface area contributed by atoms with Gasteiger partial charge < -0.3 is 20.1 Å². The zero-order valence-corrected chi connectivity index (χ0v) is 17.5. The molecular formula is C24H24N4O4. The van der Waals surface area contributed by atoms with Crippen molar-refractivity contribution in [3.63, 3.8) is 0 Å². The van der Waals surface area contributed by atoms with E-state index in [1.165, 1.54) is 0 Å². The number of anilines is 1. The van der Waals surface area contributed by atoms with Crippen molar-refractivity contribution in [2.24, 2.45) is 0 Å². The Balaban J connectivity index is 1.23. The summed E-state index contributed by atoms with van der Waals surface area (Å²) in [5.74, 6) is 0.561. The highest BCUT2D eigenvalue weighted by Crippen LogP contribution is 2.29. The van der Waals surface area contributed by atoms with E-state index in [2.05, 4.69) is 10.4 Å². The van der Waals surface area contributed by atoms with Crippen molar-refractivity contribution < 1.29 is 19.4 Å². The smallest absolute Gasteiger partial charge is 0.254 e. The minimum Gasteiger partial charge on any atom is -0.488 e. The van der Waals surface area contributed by atoms with E-state index in [9.17, 15) is 14.7 Å². The fourth-order valence-electron chi connectivity index (χ4n) is 4.23. The lowest BCUT2D eigenvalue weighted by Gasteiger charge is -2.36. The first-order chi connectivity index (χ1) is 15.6. The molecule has 1 saturated heterocycles. The number of β-amino-alcohol motifs (C(OH)–C–C–N with tert-alkyl or cyclic N) is 1. The van der Waals surface area contributed by atoms with Crippen LogP contribution in [0.15, 0.2) is 60.9 Å². The highest BCUT2D eigenvalue weighted by atomic mass is 16.5. The van der Waals surface area contributed by atoms with Crippen molar-refractivity contribution in [2.45, 2.75) is 31.5 Å². The van der Waals surface area contributed by atoms with Crippen molar-refractivity contribution in [1.29, 1.82) is 0 Å². The van der Waals surface area contributed by atoms with Crippen molar-refractivity contribution in [1.82, 2.24) is 14.7 Å². The van der Waals surface area contributed by atoms with Crippen LogP contribution in [0.25, 0.3) is 5.69 Å². The van der Waals surface area contributed by atoms with E-state index >= 15 is 0 Å². The summed E-state index contributed by atoms with van der Waals surface area (Å²) in [5.41, 5.74) is 3.21. The molecule has 8 heteroatoms. The molecule has 0 bridgehead atoms. The van der Waals surface area contributed by atoms with Gasteiger partial charge in [0.05, 0.1) is 12.2 Å². The number of likely N-dealkylation sites (tertiary alicyclic amines) is 1. The number of ether oxygens (including phenoxy) is 1. The van der Waals surface area contributed by atoms with Gasteiger partial charge in [0.15, 0.2) is 0 Å². The second-order valence-corrected chi connectivity index (χ2v) is 8.13. The number of rotatable bonds is 4. The molecule has 2 atom stereocenters. The number of carbonyl (C=O) groups excluding carboxylic acids is 2. The van der Waals surface area contributed by atoms with Crippen LogP contribution in [0.3, 0.4) is 0 Å². The zero-order valence-electron chi connectivity index (χ0n) is 17.5. The number of benzene rings is 2. The molecule has 1 aromatic heterocycles. The first-order valence-corrected chi connectivity index (χ1v) is 10.7. The van der Waals surface area contributed by atoms with Gasteiger partial charge in [0.2, 0.25) is 5.91 Å².